The van der Waals surface area contributed by atoms with Gasteiger partial charge < -0.3 is 15.7 Å². The zero-order valence-electron chi connectivity index (χ0n) is 10.3. The van der Waals surface area contributed by atoms with Crippen LogP contribution in [-0.2, 0) is 0 Å². The van der Waals surface area contributed by atoms with Crippen LogP contribution >= 0.6 is 0 Å². The molecule has 0 atom stereocenters. The summed E-state index contributed by atoms with van der Waals surface area (Å²) in [5.74, 6) is -1.88. The Labute approximate surface area is 114 Å². The molecule has 20 heavy (non-hydrogen) atoms. The number of carbonyl (C=O) groups excluding carboxylic acids is 1. The molecule has 2 aromatic carbocycles. The number of carboxylic acid groups (broad SMARTS) is 1. The molecule has 0 spiro atoms. The van der Waals surface area contributed by atoms with Crippen LogP contribution in [0.2, 0.25) is 0 Å². The molecule has 5 nitrogen and oxygen atoms in total. The molecule has 0 bridgehead atoms. The molecule has 6 heteroatoms. The van der Waals surface area contributed by atoms with Gasteiger partial charge in [0.25, 0.3) is 0 Å². The minimum atomic E-state index is -1.25. The summed E-state index contributed by atoms with van der Waals surface area (Å²) >= 11 is 0. The van der Waals surface area contributed by atoms with E-state index in [0.29, 0.717) is 5.69 Å². The summed E-state index contributed by atoms with van der Waals surface area (Å²) in [4.78, 5) is 22.7. The quantitative estimate of drug-likeness (QED) is 0.804. The molecule has 0 aliphatic rings. The van der Waals surface area contributed by atoms with E-state index in [0.717, 1.165) is 18.2 Å². The molecule has 0 fully saturated rings. The van der Waals surface area contributed by atoms with E-state index in [4.69, 9.17) is 5.11 Å². The Morgan fingerprint density at radius 1 is 1.00 bits per heavy atom. The summed E-state index contributed by atoms with van der Waals surface area (Å²) < 4.78 is 13.1. The van der Waals surface area contributed by atoms with Gasteiger partial charge in [0.2, 0.25) is 0 Å². The molecule has 3 N–H and O–H groups in total. The fourth-order valence-corrected chi connectivity index (χ4v) is 1.61. The molecule has 0 heterocycles. The molecule has 102 valence electrons. The average Bonchev–Trinajstić information content (AvgIpc) is 2.39. The van der Waals surface area contributed by atoms with E-state index in [1.54, 1.807) is 30.3 Å². The highest BCUT2D eigenvalue weighted by Gasteiger charge is 2.13. The van der Waals surface area contributed by atoms with Crippen LogP contribution in [0.1, 0.15) is 10.4 Å². The van der Waals surface area contributed by atoms with Crippen LogP contribution in [0.3, 0.4) is 0 Å². The summed E-state index contributed by atoms with van der Waals surface area (Å²) in [6, 6.07) is 11.0. The van der Waals surface area contributed by atoms with Crippen molar-refractivity contribution in [2.75, 3.05) is 10.6 Å². The maximum atomic E-state index is 13.1. The first kappa shape index (κ1) is 13.5. The van der Waals surface area contributed by atoms with Crippen LogP contribution in [0.15, 0.2) is 48.5 Å². The Morgan fingerprint density at radius 3 is 2.35 bits per heavy atom. The molecule has 0 unspecified atom stereocenters. The Balaban J connectivity index is 2.15. The third kappa shape index (κ3) is 3.32. The van der Waals surface area contributed by atoms with Crippen molar-refractivity contribution in [2.24, 2.45) is 0 Å². The second-order valence-electron chi connectivity index (χ2n) is 3.94. The van der Waals surface area contributed by atoms with Gasteiger partial charge in [-0.3, -0.25) is 0 Å². The van der Waals surface area contributed by atoms with E-state index < -0.39 is 17.8 Å². The number of anilines is 2. The molecule has 0 radical (unpaired) electrons. The average molecular weight is 274 g/mol. The van der Waals surface area contributed by atoms with Gasteiger partial charge in [0.15, 0.2) is 0 Å². The SMILES string of the molecule is O=C(Nc1ccccc1)Nc1cc(F)ccc1C(=O)O. The number of amides is 2. The maximum absolute atomic E-state index is 13.1. The van der Waals surface area contributed by atoms with E-state index in [1.165, 1.54) is 0 Å². The highest BCUT2D eigenvalue weighted by molar-refractivity contribution is 6.04. The molecular formula is C14H11FN2O3. The van der Waals surface area contributed by atoms with Gasteiger partial charge in [-0.25, -0.2) is 14.0 Å². The number of hydrogen-bond donors (Lipinski definition) is 3. The molecule has 0 aliphatic heterocycles. The predicted octanol–water partition coefficient (Wildman–Crippen LogP) is 3.17. The third-order valence-corrected chi connectivity index (χ3v) is 2.49. The van der Waals surface area contributed by atoms with E-state index in [-0.39, 0.29) is 11.3 Å². The molecule has 0 saturated heterocycles. The van der Waals surface area contributed by atoms with Gasteiger partial charge >= 0.3 is 12.0 Å². The van der Waals surface area contributed by atoms with Gasteiger partial charge in [0.05, 0.1) is 11.3 Å². The molecule has 0 saturated carbocycles. The zero-order chi connectivity index (χ0) is 14.5. The summed E-state index contributed by atoms with van der Waals surface area (Å²) in [5, 5.41) is 13.8. The van der Waals surface area contributed by atoms with Gasteiger partial charge in [-0.05, 0) is 30.3 Å². The number of rotatable bonds is 3. The van der Waals surface area contributed by atoms with E-state index in [9.17, 15) is 14.0 Å². The summed E-state index contributed by atoms with van der Waals surface area (Å²) in [5.41, 5.74) is 0.249. The first-order chi connectivity index (χ1) is 9.56. The standard InChI is InChI=1S/C14H11FN2O3/c15-9-6-7-11(13(18)19)12(8-9)17-14(20)16-10-4-2-1-3-5-10/h1-8H,(H,18,19)(H2,16,17,20). The number of para-hydroxylation sites is 1. The van der Waals surface area contributed by atoms with Crippen LogP contribution in [0.4, 0.5) is 20.6 Å². The van der Waals surface area contributed by atoms with Crippen molar-refractivity contribution in [1.29, 1.82) is 0 Å². The number of urea groups is 1. The normalized spacial score (nSPS) is 9.85. The lowest BCUT2D eigenvalue weighted by molar-refractivity contribution is 0.0698. The van der Waals surface area contributed by atoms with Crippen molar-refractivity contribution < 1.29 is 19.1 Å². The fourth-order valence-electron chi connectivity index (χ4n) is 1.61. The number of nitrogens with one attached hydrogen (secondary N) is 2. The Bertz CT molecular complexity index is 644. The third-order valence-electron chi connectivity index (χ3n) is 2.49. The van der Waals surface area contributed by atoms with Gasteiger partial charge in [-0.2, -0.15) is 0 Å². The topological polar surface area (TPSA) is 78.4 Å². The molecule has 2 aromatic rings. The minimum Gasteiger partial charge on any atom is -0.478 e. The predicted molar refractivity (Wildman–Crippen MR) is 72.4 cm³/mol. The molecular weight excluding hydrogens is 263 g/mol. The summed E-state index contributed by atoms with van der Waals surface area (Å²) in [7, 11) is 0. The van der Waals surface area contributed by atoms with Gasteiger partial charge in [0, 0.05) is 5.69 Å². The lowest BCUT2D eigenvalue weighted by Gasteiger charge is -2.10. The van der Waals surface area contributed by atoms with E-state index in [1.807, 2.05) is 0 Å². The van der Waals surface area contributed by atoms with Crippen LogP contribution in [0.25, 0.3) is 0 Å². The Hall–Kier alpha value is -2.89. The maximum Gasteiger partial charge on any atom is 0.337 e. The highest BCUT2D eigenvalue weighted by Crippen LogP contribution is 2.17. The second kappa shape index (κ2) is 5.83. The number of aromatic carboxylic acids is 1. The Kier molecular flexibility index (Phi) is 3.95. The van der Waals surface area contributed by atoms with Crippen molar-refractivity contribution in [2.45, 2.75) is 0 Å². The zero-order valence-corrected chi connectivity index (χ0v) is 10.3. The molecule has 0 aliphatic carbocycles. The number of benzene rings is 2. The van der Waals surface area contributed by atoms with Crippen LogP contribution < -0.4 is 10.6 Å². The van der Waals surface area contributed by atoms with E-state index in [2.05, 4.69) is 10.6 Å². The van der Waals surface area contributed by atoms with Crippen molar-refractivity contribution in [1.82, 2.24) is 0 Å². The van der Waals surface area contributed by atoms with E-state index >= 15 is 0 Å². The van der Waals surface area contributed by atoms with Crippen molar-refractivity contribution in [3.8, 4) is 0 Å². The first-order valence-electron chi connectivity index (χ1n) is 5.72. The number of hydrogen-bond acceptors (Lipinski definition) is 2. The minimum absolute atomic E-state index is 0.106. The van der Waals surface area contributed by atoms with Crippen molar-refractivity contribution in [3.63, 3.8) is 0 Å². The lowest BCUT2D eigenvalue weighted by Crippen LogP contribution is -2.21. The summed E-state index contributed by atoms with van der Waals surface area (Å²) in [6.45, 7) is 0. The largest absolute Gasteiger partial charge is 0.478 e. The van der Waals surface area contributed by atoms with Crippen LogP contribution in [0, 0.1) is 5.82 Å². The first-order valence-corrected chi connectivity index (χ1v) is 5.72. The smallest absolute Gasteiger partial charge is 0.337 e. The fraction of sp³-hybridized carbons (Fsp3) is 0. The molecule has 0 aromatic heterocycles. The molecule has 2 amide bonds. The van der Waals surface area contributed by atoms with Crippen molar-refractivity contribution >= 4 is 23.4 Å². The van der Waals surface area contributed by atoms with Gasteiger partial charge in [-0.1, -0.05) is 18.2 Å². The van der Waals surface area contributed by atoms with Crippen LogP contribution in [0.5, 0.6) is 0 Å². The number of carboxylic acids is 1. The number of carbonyl (C=O) groups is 2. The molecule has 2 rings (SSSR count). The van der Waals surface area contributed by atoms with Gasteiger partial charge in [-0.15, -0.1) is 0 Å². The Morgan fingerprint density at radius 2 is 1.70 bits per heavy atom. The highest BCUT2D eigenvalue weighted by atomic mass is 19.1. The van der Waals surface area contributed by atoms with Gasteiger partial charge in [0.1, 0.15) is 5.82 Å². The summed E-state index contributed by atoms with van der Waals surface area (Å²) in [6.07, 6.45) is 0. The number of halogens is 1. The lowest BCUT2D eigenvalue weighted by atomic mass is 10.2. The van der Waals surface area contributed by atoms with Crippen LogP contribution in [-0.4, -0.2) is 17.1 Å². The second-order valence-corrected chi connectivity index (χ2v) is 3.94. The van der Waals surface area contributed by atoms with Crippen molar-refractivity contribution in [3.05, 3.63) is 59.9 Å². The monoisotopic (exact) mass is 274 g/mol.